The van der Waals surface area contributed by atoms with Crippen molar-refractivity contribution in [3.8, 4) is 0 Å². The third-order valence-corrected chi connectivity index (χ3v) is 2.66. The Labute approximate surface area is 110 Å². The fourth-order valence-corrected chi connectivity index (χ4v) is 1.37. The fraction of sp³-hybridized carbons (Fsp3) is 0.917. The van der Waals surface area contributed by atoms with Crippen molar-refractivity contribution in [2.45, 2.75) is 19.4 Å². The van der Waals surface area contributed by atoms with E-state index in [2.05, 4.69) is 11.8 Å². The minimum atomic E-state index is 0.224. The number of nitrogens with one attached hydrogen (secondary N) is 1. The van der Waals surface area contributed by atoms with Gasteiger partial charge in [0.2, 0.25) is 0 Å². The standard InChI is InChI=1S/C12H27N3O3/c1-11(10-12(13)14)15(2)4-5-17-8-9-18-7-6-16-3/h11H,4-10H2,1-3H3,(H3,13,14). The molecule has 0 aliphatic heterocycles. The summed E-state index contributed by atoms with van der Waals surface area (Å²) in [5.41, 5.74) is 5.36. The minimum Gasteiger partial charge on any atom is -0.388 e. The highest BCUT2D eigenvalue weighted by atomic mass is 16.5. The molecule has 0 aromatic heterocycles. The summed E-state index contributed by atoms with van der Waals surface area (Å²) in [6.07, 6.45) is 0.594. The molecule has 0 aromatic carbocycles. The van der Waals surface area contributed by atoms with Gasteiger partial charge in [-0.15, -0.1) is 0 Å². The zero-order chi connectivity index (χ0) is 13.8. The summed E-state index contributed by atoms with van der Waals surface area (Å²) in [5.74, 6) is 0.224. The molecule has 18 heavy (non-hydrogen) atoms. The molecule has 6 heteroatoms. The Morgan fingerprint density at radius 2 is 1.72 bits per heavy atom. The van der Waals surface area contributed by atoms with Gasteiger partial charge in [-0.3, -0.25) is 5.41 Å². The first-order chi connectivity index (χ1) is 8.57. The molecule has 0 spiro atoms. The number of likely N-dealkylation sites (N-methyl/N-ethyl adjacent to an activating group) is 1. The summed E-state index contributed by atoms with van der Waals surface area (Å²) in [6.45, 7) is 5.95. The third kappa shape index (κ3) is 10.5. The molecule has 3 N–H and O–H groups in total. The number of methoxy groups -OCH3 is 1. The molecule has 1 atom stereocenters. The molecule has 108 valence electrons. The van der Waals surface area contributed by atoms with Crippen molar-refractivity contribution in [2.75, 3.05) is 53.7 Å². The lowest BCUT2D eigenvalue weighted by Gasteiger charge is -2.23. The van der Waals surface area contributed by atoms with E-state index >= 15 is 0 Å². The van der Waals surface area contributed by atoms with Gasteiger partial charge in [0.05, 0.1) is 38.9 Å². The Kier molecular flexibility index (Phi) is 11.0. The molecule has 0 heterocycles. The molecule has 0 bridgehead atoms. The Bertz CT molecular complexity index is 215. The average molecular weight is 261 g/mol. The van der Waals surface area contributed by atoms with Gasteiger partial charge in [-0.1, -0.05) is 0 Å². The number of nitrogens with two attached hydrogens (primary N) is 1. The summed E-state index contributed by atoms with van der Waals surface area (Å²) in [5, 5.41) is 7.23. The van der Waals surface area contributed by atoms with Gasteiger partial charge >= 0.3 is 0 Å². The number of amidine groups is 1. The van der Waals surface area contributed by atoms with Gasteiger partial charge in [-0.2, -0.15) is 0 Å². The molecule has 0 saturated carbocycles. The Morgan fingerprint density at radius 1 is 1.17 bits per heavy atom. The molecule has 0 aromatic rings. The van der Waals surface area contributed by atoms with E-state index in [4.69, 9.17) is 25.4 Å². The zero-order valence-corrected chi connectivity index (χ0v) is 11.8. The maximum absolute atomic E-state index is 7.23. The van der Waals surface area contributed by atoms with E-state index in [-0.39, 0.29) is 11.9 Å². The van der Waals surface area contributed by atoms with Crippen LogP contribution >= 0.6 is 0 Å². The maximum atomic E-state index is 7.23. The Hall–Kier alpha value is -0.690. The summed E-state index contributed by atoms with van der Waals surface area (Å²) >= 11 is 0. The second kappa shape index (κ2) is 11.4. The molecule has 0 amide bonds. The van der Waals surface area contributed by atoms with Gasteiger partial charge in [0.25, 0.3) is 0 Å². The van der Waals surface area contributed by atoms with E-state index in [0.29, 0.717) is 39.5 Å². The lowest BCUT2D eigenvalue weighted by atomic mass is 10.2. The molecular weight excluding hydrogens is 234 g/mol. The monoisotopic (exact) mass is 261 g/mol. The van der Waals surface area contributed by atoms with Crippen molar-refractivity contribution >= 4 is 5.84 Å². The second-order valence-electron chi connectivity index (χ2n) is 4.28. The first kappa shape index (κ1) is 17.3. The van der Waals surface area contributed by atoms with E-state index < -0.39 is 0 Å². The zero-order valence-electron chi connectivity index (χ0n) is 11.8. The summed E-state index contributed by atoms with van der Waals surface area (Å²) in [6, 6.07) is 0.268. The highest BCUT2D eigenvalue weighted by Crippen LogP contribution is 1.99. The van der Waals surface area contributed by atoms with Crippen molar-refractivity contribution in [2.24, 2.45) is 5.73 Å². The smallest absolute Gasteiger partial charge is 0.0920 e. The molecule has 0 radical (unpaired) electrons. The molecule has 0 saturated heterocycles. The van der Waals surface area contributed by atoms with Crippen LogP contribution in [0.5, 0.6) is 0 Å². The number of hydrogen-bond acceptors (Lipinski definition) is 5. The van der Waals surface area contributed by atoms with E-state index in [0.717, 1.165) is 6.54 Å². The van der Waals surface area contributed by atoms with E-state index in [1.165, 1.54) is 0 Å². The molecule has 6 nitrogen and oxygen atoms in total. The van der Waals surface area contributed by atoms with Gasteiger partial charge in [0.1, 0.15) is 0 Å². The molecule has 1 unspecified atom stereocenters. The molecular formula is C12H27N3O3. The SMILES string of the molecule is COCCOCCOCCN(C)C(C)CC(=N)N. The van der Waals surface area contributed by atoms with Crippen LogP contribution in [-0.2, 0) is 14.2 Å². The predicted molar refractivity (Wildman–Crippen MR) is 72.1 cm³/mol. The lowest BCUT2D eigenvalue weighted by molar-refractivity contribution is 0.0192. The molecule has 0 aliphatic carbocycles. The second-order valence-corrected chi connectivity index (χ2v) is 4.28. The number of rotatable bonds is 12. The van der Waals surface area contributed by atoms with Crippen LogP contribution in [0.25, 0.3) is 0 Å². The van der Waals surface area contributed by atoms with Crippen LogP contribution in [0.4, 0.5) is 0 Å². The van der Waals surface area contributed by atoms with Crippen LogP contribution in [0.2, 0.25) is 0 Å². The van der Waals surface area contributed by atoms with Crippen molar-refractivity contribution in [3.63, 3.8) is 0 Å². The molecule has 0 aliphatic rings. The largest absolute Gasteiger partial charge is 0.388 e. The van der Waals surface area contributed by atoms with Crippen molar-refractivity contribution in [1.82, 2.24) is 4.90 Å². The van der Waals surface area contributed by atoms with Gasteiger partial charge in [0, 0.05) is 26.1 Å². The van der Waals surface area contributed by atoms with Crippen LogP contribution in [0.15, 0.2) is 0 Å². The minimum absolute atomic E-state index is 0.224. The first-order valence-electron chi connectivity index (χ1n) is 6.25. The summed E-state index contributed by atoms with van der Waals surface area (Å²) in [4.78, 5) is 2.13. The summed E-state index contributed by atoms with van der Waals surface area (Å²) < 4.78 is 15.6. The first-order valence-corrected chi connectivity index (χ1v) is 6.25. The number of ether oxygens (including phenoxy) is 3. The topological polar surface area (TPSA) is 80.8 Å². The normalized spacial score (nSPS) is 12.9. The van der Waals surface area contributed by atoms with Crippen LogP contribution in [0, 0.1) is 5.41 Å². The van der Waals surface area contributed by atoms with Crippen molar-refractivity contribution in [1.29, 1.82) is 5.41 Å². The van der Waals surface area contributed by atoms with Gasteiger partial charge < -0.3 is 24.8 Å². The van der Waals surface area contributed by atoms with E-state index in [1.807, 2.05) is 7.05 Å². The highest BCUT2D eigenvalue weighted by molar-refractivity contribution is 5.77. The van der Waals surface area contributed by atoms with Crippen molar-refractivity contribution in [3.05, 3.63) is 0 Å². The molecule has 0 rings (SSSR count). The van der Waals surface area contributed by atoms with Crippen molar-refractivity contribution < 1.29 is 14.2 Å². The van der Waals surface area contributed by atoms with Crippen LogP contribution in [-0.4, -0.2) is 70.5 Å². The predicted octanol–water partition coefficient (Wildman–Crippen LogP) is 0.312. The number of nitrogens with zero attached hydrogens (tertiary/aromatic N) is 1. The third-order valence-electron chi connectivity index (χ3n) is 2.66. The quantitative estimate of drug-likeness (QED) is 0.300. The fourth-order valence-electron chi connectivity index (χ4n) is 1.37. The average Bonchev–Trinajstić information content (AvgIpc) is 2.31. The number of hydrogen-bond donors (Lipinski definition) is 2. The van der Waals surface area contributed by atoms with E-state index in [1.54, 1.807) is 7.11 Å². The highest BCUT2D eigenvalue weighted by Gasteiger charge is 2.09. The molecule has 0 fully saturated rings. The van der Waals surface area contributed by atoms with Gasteiger partial charge in [-0.25, -0.2) is 0 Å². The van der Waals surface area contributed by atoms with Gasteiger partial charge in [-0.05, 0) is 14.0 Å². The Morgan fingerprint density at radius 3 is 2.28 bits per heavy atom. The van der Waals surface area contributed by atoms with E-state index in [9.17, 15) is 0 Å². The lowest BCUT2D eigenvalue weighted by Crippen LogP contribution is -2.35. The maximum Gasteiger partial charge on any atom is 0.0920 e. The van der Waals surface area contributed by atoms with Crippen LogP contribution in [0.1, 0.15) is 13.3 Å². The van der Waals surface area contributed by atoms with Crippen LogP contribution in [0.3, 0.4) is 0 Å². The Balaban J connectivity index is 3.34. The summed E-state index contributed by atoms with van der Waals surface area (Å²) in [7, 11) is 3.66. The van der Waals surface area contributed by atoms with Crippen LogP contribution < -0.4 is 5.73 Å². The van der Waals surface area contributed by atoms with Gasteiger partial charge in [0.15, 0.2) is 0 Å².